The van der Waals surface area contributed by atoms with E-state index in [-0.39, 0.29) is 79.2 Å². The SMILES string of the molecule is C=C(COc1cc(O)c2c(c1)OC(c1ccc(O)c(C3CC(OCC(=O)OC)C4OC(C)(C)OCC4O3)c1)CC2=O)CC1O[C@@H](C)CCC1O. The fourth-order valence-electron chi connectivity index (χ4n) is 6.93. The Bertz CT molecular complexity index is 1590. The van der Waals surface area contributed by atoms with Gasteiger partial charge in [0, 0.05) is 30.5 Å². The second kappa shape index (κ2) is 14.9. The van der Waals surface area contributed by atoms with Crippen molar-refractivity contribution in [2.24, 2.45) is 0 Å². The van der Waals surface area contributed by atoms with Crippen LogP contribution in [0.2, 0.25) is 0 Å². The van der Waals surface area contributed by atoms with Gasteiger partial charge < -0.3 is 53.2 Å². The summed E-state index contributed by atoms with van der Waals surface area (Å²) in [4.78, 5) is 25.2. The number of esters is 1. The van der Waals surface area contributed by atoms with Crippen molar-refractivity contribution in [2.45, 2.75) is 107 Å². The maximum absolute atomic E-state index is 13.3. The molecule has 2 aromatic carbocycles. The quantitative estimate of drug-likeness (QED) is 0.233. The lowest BCUT2D eigenvalue weighted by Crippen LogP contribution is -2.58. The Morgan fingerprint density at radius 2 is 1.86 bits per heavy atom. The lowest BCUT2D eigenvalue weighted by Gasteiger charge is -2.48. The van der Waals surface area contributed by atoms with E-state index >= 15 is 0 Å². The number of ketones is 1. The number of ether oxygens (including phenoxy) is 8. The van der Waals surface area contributed by atoms with E-state index in [1.165, 1.54) is 19.2 Å². The van der Waals surface area contributed by atoms with Crippen molar-refractivity contribution in [1.29, 1.82) is 0 Å². The summed E-state index contributed by atoms with van der Waals surface area (Å²) in [5.41, 5.74) is 1.81. The molecule has 8 atom stereocenters. The lowest BCUT2D eigenvalue weighted by molar-refractivity contribution is -0.348. The number of carbonyl (C=O) groups excluding carboxylic acids is 2. The standard InChI is InChI=1S/C37H46O13/c1-19(10-30-25(39)8-6-20(2)47-30)16-44-22-12-26(40)35-27(41)14-28(48-31(35)13-22)21-7-9-24(38)23(11-21)29-15-32(45-18-34(42)43-5)36-33(49-29)17-46-37(3,4)50-36/h7,9,11-13,20,25,28-30,32-33,36,38-40H,1,6,8,10,14-18H2,2-5H3/t20-,25?,28?,29?,30?,32?,33?,36?/m0/s1. The van der Waals surface area contributed by atoms with Gasteiger partial charge in [-0.15, -0.1) is 0 Å². The van der Waals surface area contributed by atoms with Crippen LogP contribution in [0.15, 0.2) is 42.5 Å². The molecular weight excluding hydrogens is 652 g/mol. The summed E-state index contributed by atoms with van der Waals surface area (Å²) < 4.78 is 47.1. The second-order valence-corrected chi connectivity index (χ2v) is 13.9. The number of aliphatic hydroxyl groups is 1. The highest BCUT2D eigenvalue weighted by Gasteiger charge is 2.48. The van der Waals surface area contributed by atoms with Crippen molar-refractivity contribution in [3.05, 3.63) is 59.2 Å². The number of aliphatic hydroxyl groups excluding tert-OH is 1. The third-order valence-electron chi connectivity index (χ3n) is 9.56. The van der Waals surface area contributed by atoms with Gasteiger partial charge in [-0.1, -0.05) is 12.6 Å². The number of phenolic OH excluding ortho intramolecular Hbond substituents is 2. The van der Waals surface area contributed by atoms with Gasteiger partial charge in [0.2, 0.25) is 0 Å². The number of hydrogen-bond donors (Lipinski definition) is 3. The molecule has 0 aromatic heterocycles. The zero-order valence-electron chi connectivity index (χ0n) is 28.8. The highest BCUT2D eigenvalue weighted by atomic mass is 16.7. The summed E-state index contributed by atoms with van der Waals surface area (Å²) in [5, 5.41) is 32.1. The molecule has 0 bridgehead atoms. The monoisotopic (exact) mass is 698 g/mol. The summed E-state index contributed by atoms with van der Waals surface area (Å²) in [7, 11) is 1.28. The van der Waals surface area contributed by atoms with E-state index in [1.807, 2.05) is 6.92 Å². The van der Waals surface area contributed by atoms with Gasteiger partial charge in [0.05, 0.1) is 50.7 Å². The summed E-state index contributed by atoms with van der Waals surface area (Å²) in [6, 6.07) is 7.83. The topological polar surface area (TPSA) is 169 Å². The number of aromatic hydroxyl groups is 2. The van der Waals surface area contributed by atoms with Gasteiger partial charge in [-0.2, -0.15) is 0 Å². The first kappa shape index (κ1) is 36.1. The van der Waals surface area contributed by atoms with Gasteiger partial charge in [0.1, 0.15) is 60.1 Å². The molecule has 4 aliphatic rings. The number of rotatable bonds is 10. The molecule has 13 nitrogen and oxygen atoms in total. The van der Waals surface area contributed by atoms with E-state index < -0.39 is 48.4 Å². The number of hydrogen-bond acceptors (Lipinski definition) is 13. The minimum atomic E-state index is -0.882. The van der Waals surface area contributed by atoms with E-state index in [4.69, 9.17) is 37.9 Å². The predicted octanol–water partition coefficient (Wildman–Crippen LogP) is 4.60. The zero-order valence-corrected chi connectivity index (χ0v) is 28.8. The molecule has 50 heavy (non-hydrogen) atoms. The molecule has 3 saturated heterocycles. The van der Waals surface area contributed by atoms with Crippen molar-refractivity contribution < 1.29 is 62.8 Å². The maximum atomic E-state index is 13.3. The Morgan fingerprint density at radius 3 is 2.64 bits per heavy atom. The molecule has 13 heteroatoms. The Kier molecular flexibility index (Phi) is 10.7. The molecule has 6 rings (SSSR count). The first-order chi connectivity index (χ1) is 23.8. The van der Waals surface area contributed by atoms with E-state index in [0.29, 0.717) is 29.5 Å². The molecule has 3 N–H and O–H groups in total. The van der Waals surface area contributed by atoms with E-state index in [0.717, 1.165) is 6.42 Å². The first-order valence-corrected chi connectivity index (χ1v) is 17.0. The number of methoxy groups -OCH3 is 1. The maximum Gasteiger partial charge on any atom is 0.331 e. The molecule has 0 aliphatic carbocycles. The molecule has 7 unspecified atom stereocenters. The molecule has 272 valence electrons. The summed E-state index contributed by atoms with van der Waals surface area (Å²) in [5.74, 6) is -1.58. The average Bonchev–Trinajstić information content (AvgIpc) is 3.07. The van der Waals surface area contributed by atoms with E-state index in [1.54, 1.807) is 32.0 Å². The van der Waals surface area contributed by atoms with Crippen LogP contribution in [-0.2, 0) is 33.2 Å². The third kappa shape index (κ3) is 8.09. The number of Topliss-reactive ketones (excluding diaryl/α,β-unsaturated/α-hetero) is 1. The summed E-state index contributed by atoms with van der Waals surface area (Å²) in [6.07, 6.45) is -1.86. The first-order valence-electron chi connectivity index (χ1n) is 17.0. The van der Waals surface area contributed by atoms with Crippen LogP contribution in [0.25, 0.3) is 0 Å². The fraction of sp³-hybridized carbons (Fsp3) is 0.568. The molecule has 3 fully saturated rings. The van der Waals surface area contributed by atoms with Crippen LogP contribution in [0.5, 0.6) is 23.0 Å². The normalized spacial score (nSPS) is 30.4. The molecule has 0 saturated carbocycles. The van der Waals surface area contributed by atoms with Crippen molar-refractivity contribution >= 4 is 11.8 Å². The van der Waals surface area contributed by atoms with Gasteiger partial charge in [-0.05, 0) is 56.9 Å². The van der Waals surface area contributed by atoms with Crippen LogP contribution in [0.4, 0.5) is 0 Å². The Morgan fingerprint density at radius 1 is 1.06 bits per heavy atom. The Hall–Kier alpha value is -3.72. The van der Waals surface area contributed by atoms with Crippen LogP contribution in [-0.4, -0.2) is 96.4 Å². The van der Waals surface area contributed by atoms with Crippen LogP contribution in [0.1, 0.15) is 86.6 Å². The second-order valence-electron chi connectivity index (χ2n) is 13.9. The Labute approximate surface area is 291 Å². The van der Waals surface area contributed by atoms with E-state index in [9.17, 15) is 24.9 Å². The molecule has 4 aliphatic heterocycles. The van der Waals surface area contributed by atoms with Gasteiger partial charge in [-0.25, -0.2) is 4.79 Å². The van der Waals surface area contributed by atoms with Crippen LogP contribution >= 0.6 is 0 Å². The van der Waals surface area contributed by atoms with Crippen molar-refractivity contribution in [3.8, 4) is 23.0 Å². The van der Waals surface area contributed by atoms with Gasteiger partial charge in [0.15, 0.2) is 11.6 Å². The lowest BCUT2D eigenvalue weighted by atomic mass is 9.89. The van der Waals surface area contributed by atoms with Crippen molar-refractivity contribution in [1.82, 2.24) is 0 Å². The van der Waals surface area contributed by atoms with Crippen LogP contribution in [0.3, 0.4) is 0 Å². The number of phenols is 2. The fourth-order valence-corrected chi connectivity index (χ4v) is 6.93. The molecular formula is C37H46O13. The van der Waals surface area contributed by atoms with Crippen molar-refractivity contribution in [2.75, 3.05) is 26.9 Å². The molecule has 0 spiro atoms. The van der Waals surface area contributed by atoms with Crippen LogP contribution < -0.4 is 9.47 Å². The minimum absolute atomic E-state index is 0.0291. The summed E-state index contributed by atoms with van der Waals surface area (Å²) >= 11 is 0. The number of carbonyl (C=O) groups is 2. The van der Waals surface area contributed by atoms with Crippen LogP contribution in [0, 0.1) is 0 Å². The highest BCUT2D eigenvalue weighted by molar-refractivity contribution is 6.02. The zero-order chi connectivity index (χ0) is 35.7. The molecule has 0 radical (unpaired) electrons. The predicted molar refractivity (Wildman–Crippen MR) is 176 cm³/mol. The molecule has 2 aromatic rings. The largest absolute Gasteiger partial charge is 0.508 e. The molecule has 4 heterocycles. The van der Waals surface area contributed by atoms with Gasteiger partial charge in [-0.3, -0.25) is 4.79 Å². The van der Waals surface area contributed by atoms with Crippen molar-refractivity contribution in [3.63, 3.8) is 0 Å². The minimum Gasteiger partial charge on any atom is -0.508 e. The van der Waals surface area contributed by atoms with E-state index in [2.05, 4.69) is 6.58 Å². The number of benzene rings is 2. The smallest absolute Gasteiger partial charge is 0.331 e. The molecule has 0 amide bonds. The summed E-state index contributed by atoms with van der Waals surface area (Å²) in [6.45, 7) is 9.66. The van der Waals surface area contributed by atoms with Gasteiger partial charge >= 0.3 is 5.97 Å². The average molecular weight is 699 g/mol. The number of fused-ring (bicyclic) bond motifs is 2. The highest BCUT2D eigenvalue weighted by Crippen LogP contribution is 2.45. The Balaban J connectivity index is 1.17. The third-order valence-corrected chi connectivity index (χ3v) is 9.56. The van der Waals surface area contributed by atoms with Gasteiger partial charge in [0.25, 0.3) is 0 Å².